The quantitative estimate of drug-likeness (QED) is 0.419. The van der Waals surface area contributed by atoms with Crippen molar-refractivity contribution in [2.75, 3.05) is 0 Å². The summed E-state index contributed by atoms with van der Waals surface area (Å²) >= 11 is 0. The monoisotopic (exact) mass is 419 g/mol. The van der Waals surface area contributed by atoms with Gasteiger partial charge in [0.2, 0.25) is 0 Å². The van der Waals surface area contributed by atoms with Crippen molar-refractivity contribution in [2.45, 2.75) is 13.1 Å². The van der Waals surface area contributed by atoms with E-state index in [2.05, 4.69) is 5.10 Å². The first kappa shape index (κ1) is 19.1. The van der Waals surface area contributed by atoms with Gasteiger partial charge in [-0.15, -0.1) is 0 Å². The molecule has 7 heteroatoms. The highest BCUT2D eigenvalue weighted by Gasteiger charge is 2.21. The highest BCUT2D eigenvalue weighted by molar-refractivity contribution is 5.93. The van der Waals surface area contributed by atoms with Crippen molar-refractivity contribution in [2.24, 2.45) is 0 Å². The van der Waals surface area contributed by atoms with Crippen molar-refractivity contribution in [3.8, 4) is 11.3 Å². The number of hydrogen-bond acceptors (Lipinski definition) is 2. The van der Waals surface area contributed by atoms with Gasteiger partial charge in [-0.3, -0.25) is 4.79 Å². The molecule has 0 aromatic heterocycles. The Morgan fingerprint density at radius 3 is 2.45 bits per heavy atom. The van der Waals surface area contributed by atoms with Gasteiger partial charge < -0.3 is 4.57 Å². The van der Waals surface area contributed by atoms with Crippen LogP contribution in [0, 0.1) is 17.5 Å². The third-order valence-electron chi connectivity index (χ3n) is 5.27. The molecule has 0 N–H and O–H groups in total. The van der Waals surface area contributed by atoms with Crippen LogP contribution in [-0.2, 0) is 13.1 Å². The third kappa shape index (κ3) is 3.48. The standard InChI is InChI=1S/C24H16F3N3O/c25-17-6-3-4-15(10-17)12-30-24(31)20-14-29(13-16-5-1-2-7-21(16)27)22-9-8-18(26)11-19(22)23(20)28-30/h1-11,14H,12-13H2. The van der Waals surface area contributed by atoms with E-state index in [1.54, 1.807) is 47.2 Å². The van der Waals surface area contributed by atoms with Crippen molar-refractivity contribution in [1.82, 2.24) is 14.3 Å². The number of fused-ring (bicyclic) bond motifs is 3. The molecule has 0 fully saturated rings. The zero-order valence-electron chi connectivity index (χ0n) is 16.2. The number of rotatable bonds is 4. The molecule has 0 atom stereocenters. The Hall–Kier alpha value is -3.87. The number of halogens is 3. The largest absolute Gasteiger partial charge is 0.342 e. The molecule has 0 spiro atoms. The number of benzene rings is 3. The second kappa shape index (κ2) is 7.43. The van der Waals surface area contributed by atoms with Crippen LogP contribution in [0.15, 0.2) is 77.7 Å². The van der Waals surface area contributed by atoms with Crippen molar-refractivity contribution in [3.63, 3.8) is 0 Å². The summed E-state index contributed by atoms with van der Waals surface area (Å²) in [6.07, 6.45) is 1.61. The third-order valence-corrected chi connectivity index (χ3v) is 5.27. The molecule has 0 saturated heterocycles. The molecule has 0 saturated carbocycles. The average molecular weight is 419 g/mol. The Balaban J connectivity index is 1.70. The lowest BCUT2D eigenvalue weighted by molar-refractivity contribution is 0.601. The van der Waals surface area contributed by atoms with Crippen LogP contribution in [0.25, 0.3) is 22.2 Å². The Kier molecular flexibility index (Phi) is 4.58. The molecule has 0 bridgehead atoms. The molecule has 0 radical (unpaired) electrons. The molecule has 0 amide bonds. The molecule has 0 unspecified atom stereocenters. The van der Waals surface area contributed by atoms with Gasteiger partial charge in [-0.25, -0.2) is 17.9 Å². The fraction of sp³-hybridized carbons (Fsp3) is 0.0833. The van der Waals surface area contributed by atoms with Crippen LogP contribution in [-0.4, -0.2) is 14.3 Å². The molecule has 4 nitrogen and oxygen atoms in total. The van der Waals surface area contributed by atoms with Gasteiger partial charge in [-0.1, -0.05) is 30.3 Å². The van der Waals surface area contributed by atoms with E-state index in [0.717, 1.165) is 0 Å². The second-order valence-corrected chi connectivity index (χ2v) is 7.36. The van der Waals surface area contributed by atoms with Gasteiger partial charge in [-0.05, 0) is 42.0 Å². The molecule has 31 heavy (non-hydrogen) atoms. The van der Waals surface area contributed by atoms with Crippen LogP contribution in [0.2, 0.25) is 0 Å². The molecule has 0 aliphatic carbocycles. The van der Waals surface area contributed by atoms with E-state index in [0.29, 0.717) is 27.7 Å². The minimum Gasteiger partial charge on any atom is -0.342 e. The van der Waals surface area contributed by atoms with Crippen molar-refractivity contribution in [1.29, 1.82) is 0 Å². The molecule has 5 rings (SSSR count). The van der Waals surface area contributed by atoms with Gasteiger partial charge in [0, 0.05) is 17.1 Å². The van der Waals surface area contributed by atoms with Crippen LogP contribution in [0.4, 0.5) is 13.2 Å². The maximum Gasteiger partial charge on any atom is 0.278 e. The summed E-state index contributed by atoms with van der Waals surface area (Å²) < 4.78 is 44.8. The van der Waals surface area contributed by atoms with Crippen LogP contribution in [0.5, 0.6) is 0 Å². The summed E-state index contributed by atoms with van der Waals surface area (Å²) in [4.78, 5) is 13.0. The van der Waals surface area contributed by atoms with Gasteiger partial charge >= 0.3 is 0 Å². The maximum atomic E-state index is 14.2. The highest BCUT2D eigenvalue weighted by Crippen LogP contribution is 2.29. The lowest BCUT2D eigenvalue weighted by atomic mass is 10.1. The Labute approximate surface area is 175 Å². The van der Waals surface area contributed by atoms with Gasteiger partial charge in [0.15, 0.2) is 0 Å². The topological polar surface area (TPSA) is 39.8 Å². The molecule has 2 aliphatic rings. The summed E-state index contributed by atoms with van der Waals surface area (Å²) in [7, 11) is 0. The SMILES string of the molecule is O=c1c2cn(Cc3ccccc3F)c3ccc(F)cc3c-2nn1Cc1cccc(F)c1. The number of hydrogen-bond donors (Lipinski definition) is 0. The smallest absolute Gasteiger partial charge is 0.278 e. The Bertz CT molecular complexity index is 1450. The fourth-order valence-corrected chi connectivity index (χ4v) is 3.81. The Morgan fingerprint density at radius 1 is 0.839 bits per heavy atom. The van der Waals surface area contributed by atoms with Gasteiger partial charge in [0.1, 0.15) is 23.1 Å². The molecule has 2 aliphatic heterocycles. The van der Waals surface area contributed by atoms with E-state index in [1.165, 1.54) is 35.0 Å². The number of pyridine rings is 1. The van der Waals surface area contributed by atoms with Crippen molar-refractivity contribution >= 4 is 10.9 Å². The summed E-state index contributed by atoms with van der Waals surface area (Å²) in [5.41, 5.74) is 1.89. The van der Waals surface area contributed by atoms with Gasteiger partial charge in [0.25, 0.3) is 5.56 Å². The summed E-state index contributed by atoms with van der Waals surface area (Å²) in [5, 5.41) is 4.85. The fourth-order valence-electron chi connectivity index (χ4n) is 3.81. The molecule has 3 aromatic rings. The molecule has 2 heterocycles. The molecule has 3 aromatic carbocycles. The van der Waals surface area contributed by atoms with E-state index in [-0.39, 0.29) is 30.0 Å². The molecular formula is C24H16F3N3O. The highest BCUT2D eigenvalue weighted by atomic mass is 19.1. The maximum absolute atomic E-state index is 14.2. The minimum absolute atomic E-state index is 0.0788. The van der Waals surface area contributed by atoms with Crippen LogP contribution in [0.1, 0.15) is 11.1 Å². The summed E-state index contributed by atoms with van der Waals surface area (Å²) in [6.45, 7) is 0.245. The molecular weight excluding hydrogens is 403 g/mol. The lowest BCUT2D eigenvalue weighted by Gasteiger charge is -2.14. The summed E-state index contributed by atoms with van der Waals surface area (Å²) in [5.74, 6) is -1.24. The first-order valence-corrected chi connectivity index (χ1v) is 9.67. The van der Waals surface area contributed by atoms with E-state index < -0.39 is 11.6 Å². The first-order chi connectivity index (χ1) is 15.0. The predicted molar refractivity (Wildman–Crippen MR) is 112 cm³/mol. The van der Waals surface area contributed by atoms with E-state index in [1.807, 2.05) is 0 Å². The van der Waals surface area contributed by atoms with Crippen LogP contribution in [0.3, 0.4) is 0 Å². The normalized spacial score (nSPS) is 11.5. The van der Waals surface area contributed by atoms with Crippen molar-refractivity contribution in [3.05, 3.63) is 112 Å². The average Bonchev–Trinajstić information content (AvgIpc) is 3.05. The zero-order chi connectivity index (χ0) is 21.5. The van der Waals surface area contributed by atoms with Gasteiger partial charge in [0.05, 0.1) is 24.2 Å². The molecule has 154 valence electrons. The van der Waals surface area contributed by atoms with E-state index >= 15 is 0 Å². The summed E-state index contributed by atoms with van der Waals surface area (Å²) in [6, 6.07) is 16.5. The van der Waals surface area contributed by atoms with E-state index in [4.69, 9.17) is 0 Å². The number of nitrogens with zero attached hydrogens (tertiary/aromatic N) is 3. The zero-order valence-corrected chi connectivity index (χ0v) is 16.2. The minimum atomic E-state index is -0.468. The van der Waals surface area contributed by atoms with Crippen molar-refractivity contribution < 1.29 is 13.2 Å². The van der Waals surface area contributed by atoms with Gasteiger partial charge in [-0.2, -0.15) is 5.10 Å². The lowest BCUT2D eigenvalue weighted by Crippen LogP contribution is -2.18. The van der Waals surface area contributed by atoms with E-state index in [9.17, 15) is 18.0 Å². The van der Waals surface area contributed by atoms with Crippen LogP contribution >= 0.6 is 0 Å². The number of aromatic nitrogens is 3. The second-order valence-electron chi connectivity index (χ2n) is 7.36. The van der Waals surface area contributed by atoms with Crippen LogP contribution < -0.4 is 5.56 Å². The first-order valence-electron chi connectivity index (χ1n) is 9.67. The Morgan fingerprint density at radius 2 is 1.65 bits per heavy atom. The predicted octanol–water partition coefficient (Wildman–Crippen LogP) is 4.82.